The van der Waals surface area contributed by atoms with Gasteiger partial charge in [-0.15, -0.1) is 0 Å². The molecule has 27 heavy (non-hydrogen) atoms. The molecule has 2 N–H and O–H groups in total. The summed E-state index contributed by atoms with van der Waals surface area (Å²) in [5.41, 5.74) is -1.39. The van der Waals surface area contributed by atoms with E-state index in [1.165, 1.54) is 6.92 Å². The molecule has 0 aromatic heterocycles. The van der Waals surface area contributed by atoms with E-state index in [4.69, 9.17) is 14.9 Å². The van der Waals surface area contributed by atoms with Crippen LogP contribution < -0.4 is 0 Å². The van der Waals surface area contributed by atoms with Gasteiger partial charge in [0.05, 0.1) is 10.8 Å². The third-order valence-electron chi connectivity index (χ3n) is 5.15. The molecule has 0 fully saturated rings. The van der Waals surface area contributed by atoms with Crippen molar-refractivity contribution in [3.05, 3.63) is 0 Å². The third-order valence-corrected chi connectivity index (χ3v) is 5.15. The van der Waals surface area contributed by atoms with Crippen LogP contribution in [0.5, 0.6) is 0 Å². The lowest BCUT2D eigenvalue weighted by Crippen LogP contribution is -2.23. The Morgan fingerprint density at radius 2 is 1.11 bits per heavy atom. The van der Waals surface area contributed by atoms with Gasteiger partial charge in [0.1, 0.15) is 6.10 Å². The minimum atomic E-state index is -0.772. The molecule has 0 saturated heterocycles. The van der Waals surface area contributed by atoms with Crippen molar-refractivity contribution < 1.29 is 29.3 Å². The van der Waals surface area contributed by atoms with Crippen LogP contribution in [0, 0.1) is 10.8 Å². The zero-order valence-corrected chi connectivity index (χ0v) is 17.7. The van der Waals surface area contributed by atoms with E-state index in [9.17, 15) is 14.4 Å². The van der Waals surface area contributed by atoms with E-state index in [0.717, 1.165) is 51.4 Å². The smallest absolute Gasteiger partial charge is 0.309 e. The Balaban J connectivity index is 4.10. The molecule has 0 spiro atoms. The van der Waals surface area contributed by atoms with Crippen molar-refractivity contribution in [3.8, 4) is 0 Å². The highest BCUT2D eigenvalue weighted by Crippen LogP contribution is 2.26. The van der Waals surface area contributed by atoms with Crippen molar-refractivity contribution in [1.29, 1.82) is 0 Å². The molecular formula is C21H38O6. The van der Waals surface area contributed by atoms with Gasteiger partial charge in [-0.25, -0.2) is 0 Å². The summed E-state index contributed by atoms with van der Waals surface area (Å²) in [6.45, 7) is 8.37. The molecule has 0 aliphatic carbocycles. The number of hydrogen-bond acceptors (Lipinski definition) is 4. The summed E-state index contributed by atoms with van der Waals surface area (Å²) < 4.78 is 5.39. The Kier molecular flexibility index (Phi) is 11.3. The average molecular weight is 387 g/mol. The quantitative estimate of drug-likeness (QED) is 0.302. The Bertz CT molecular complexity index is 445. The molecule has 0 radical (unpaired) electrons. The number of carbonyl (C=O) groups is 3. The van der Waals surface area contributed by atoms with Crippen LogP contribution in [-0.4, -0.2) is 34.2 Å². The molecular weight excluding hydrogens is 348 g/mol. The maximum Gasteiger partial charge on any atom is 0.309 e. The molecule has 0 unspecified atom stereocenters. The summed E-state index contributed by atoms with van der Waals surface area (Å²) in [5, 5.41) is 18.2. The lowest BCUT2D eigenvalue weighted by Gasteiger charge is -2.20. The average Bonchev–Trinajstić information content (AvgIpc) is 2.52. The van der Waals surface area contributed by atoms with Gasteiger partial charge in [-0.05, 0) is 66.2 Å². The van der Waals surface area contributed by atoms with Gasteiger partial charge in [-0.3, -0.25) is 14.4 Å². The second kappa shape index (κ2) is 12.0. The fraction of sp³-hybridized carbons (Fsp3) is 0.857. The molecule has 0 aliphatic heterocycles. The predicted octanol–water partition coefficient (Wildman–Crippen LogP) is 5.04. The van der Waals surface area contributed by atoms with Gasteiger partial charge in [0.2, 0.25) is 0 Å². The fourth-order valence-electron chi connectivity index (χ4n) is 2.94. The van der Waals surface area contributed by atoms with Crippen LogP contribution in [0.1, 0.15) is 98.8 Å². The van der Waals surface area contributed by atoms with Crippen LogP contribution in [0.25, 0.3) is 0 Å². The number of rotatable bonds is 15. The predicted molar refractivity (Wildman–Crippen MR) is 105 cm³/mol. The first-order valence-corrected chi connectivity index (χ1v) is 10.0. The second-order valence-electron chi connectivity index (χ2n) is 8.81. The minimum Gasteiger partial charge on any atom is -0.481 e. The Morgan fingerprint density at radius 1 is 0.741 bits per heavy atom. The lowest BCUT2D eigenvalue weighted by molar-refractivity contribution is -0.148. The van der Waals surface area contributed by atoms with E-state index in [-0.39, 0.29) is 12.1 Å². The Hall–Kier alpha value is -1.59. The van der Waals surface area contributed by atoms with Gasteiger partial charge in [-0.1, -0.05) is 25.7 Å². The molecule has 0 aliphatic rings. The number of carboxylic acid groups (broad SMARTS) is 2. The summed E-state index contributed by atoms with van der Waals surface area (Å²) in [5.74, 6) is -1.82. The van der Waals surface area contributed by atoms with Crippen molar-refractivity contribution in [2.45, 2.75) is 105 Å². The van der Waals surface area contributed by atoms with E-state index in [1.54, 1.807) is 27.7 Å². The summed E-state index contributed by atoms with van der Waals surface area (Å²) in [4.78, 5) is 33.5. The number of aliphatic carboxylic acids is 2. The zero-order chi connectivity index (χ0) is 21.1. The monoisotopic (exact) mass is 386 g/mol. The normalized spacial score (nSPS) is 12.2. The molecule has 6 heteroatoms. The van der Waals surface area contributed by atoms with Crippen molar-refractivity contribution in [2.24, 2.45) is 10.8 Å². The first kappa shape index (κ1) is 25.4. The van der Waals surface area contributed by atoms with E-state index < -0.39 is 22.8 Å². The number of carbonyl (C=O) groups excluding carboxylic acids is 1. The maximum atomic E-state index is 11.3. The maximum absolute atomic E-state index is 11.3. The third kappa shape index (κ3) is 11.7. The SMILES string of the molecule is CC(=O)OC(CCCCCC(C)(C)C(=O)O)CCCCCC(C)(C)C(=O)O. The van der Waals surface area contributed by atoms with E-state index >= 15 is 0 Å². The second-order valence-corrected chi connectivity index (χ2v) is 8.81. The highest BCUT2D eigenvalue weighted by atomic mass is 16.5. The fourth-order valence-corrected chi connectivity index (χ4v) is 2.94. The highest BCUT2D eigenvalue weighted by Gasteiger charge is 2.27. The van der Waals surface area contributed by atoms with Gasteiger partial charge >= 0.3 is 17.9 Å². The Labute approximate surface area is 163 Å². The van der Waals surface area contributed by atoms with Crippen LogP contribution in [-0.2, 0) is 19.1 Å². The van der Waals surface area contributed by atoms with Gasteiger partial charge < -0.3 is 14.9 Å². The molecule has 0 rings (SSSR count). The molecule has 0 heterocycles. The zero-order valence-electron chi connectivity index (χ0n) is 17.7. The van der Waals surface area contributed by atoms with Crippen molar-refractivity contribution in [3.63, 3.8) is 0 Å². The van der Waals surface area contributed by atoms with Crippen molar-refractivity contribution in [1.82, 2.24) is 0 Å². The first-order valence-electron chi connectivity index (χ1n) is 10.0. The van der Waals surface area contributed by atoms with E-state index in [1.807, 2.05) is 0 Å². The van der Waals surface area contributed by atoms with Gasteiger partial charge in [0.25, 0.3) is 0 Å². The molecule has 158 valence electrons. The molecule has 0 atom stereocenters. The standard InChI is InChI=1S/C21H38O6/c1-16(22)27-17(12-8-6-10-14-20(2,3)18(23)24)13-9-7-11-15-21(4,5)19(25)26/h17H,6-15H2,1-5H3,(H,23,24)(H,25,26). The molecule has 6 nitrogen and oxygen atoms in total. The number of ether oxygens (including phenoxy) is 1. The molecule has 0 saturated carbocycles. The van der Waals surface area contributed by atoms with Gasteiger partial charge in [0, 0.05) is 6.92 Å². The van der Waals surface area contributed by atoms with Crippen molar-refractivity contribution in [2.75, 3.05) is 0 Å². The minimum absolute atomic E-state index is 0.109. The number of esters is 1. The van der Waals surface area contributed by atoms with Crippen LogP contribution in [0.4, 0.5) is 0 Å². The van der Waals surface area contributed by atoms with Crippen LogP contribution in [0.3, 0.4) is 0 Å². The van der Waals surface area contributed by atoms with E-state index in [2.05, 4.69) is 0 Å². The summed E-state index contributed by atoms with van der Waals surface area (Å²) >= 11 is 0. The lowest BCUT2D eigenvalue weighted by atomic mass is 9.86. The molecule has 0 aromatic carbocycles. The topological polar surface area (TPSA) is 101 Å². The van der Waals surface area contributed by atoms with E-state index in [0.29, 0.717) is 12.8 Å². The molecule has 0 amide bonds. The summed E-state index contributed by atoms with van der Waals surface area (Å²) in [7, 11) is 0. The van der Waals surface area contributed by atoms with Crippen molar-refractivity contribution >= 4 is 17.9 Å². The number of hydrogen-bond donors (Lipinski definition) is 2. The van der Waals surface area contributed by atoms with Crippen LogP contribution >= 0.6 is 0 Å². The molecule has 0 bridgehead atoms. The number of unbranched alkanes of at least 4 members (excludes halogenated alkanes) is 4. The molecule has 0 aromatic rings. The van der Waals surface area contributed by atoms with Crippen LogP contribution in [0.15, 0.2) is 0 Å². The summed E-state index contributed by atoms with van der Waals surface area (Å²) in [6, 6.07) is 0. The van der Waals surface area contributed by atoms with Gasteiger partial charge in [-0.2, -0.15) is 0 Å². The highest BCUT2D eigenvalue weighted by molar-refractivity contribution is 5.73. The largest absolute Gasteiger partial charge is 0.481 e. The number of carboxylic acids is 2. The van der Waals surface area contributed by atoms with Crippen LogP contribution in [0.2, 0.25) is 0 Å². The first-order chi connectivity index (χ1) is 12.4. The Morgan fingerprint density at radius 3 is 1.41 bits per heavy atom. The summed E-state index contributed by atoms with van der Waals surface area (Å²) in [6.07, 6.45) is 8.07. The van der Waals surface area contributed by atoms with Gasteiger partial charge in [0.15, 0.2) is 0 Å².